The minimum Gasteiger partial charge on any atom is -0.493 e. The second-order valence-corrected chi connectivity index (χ2v) is 5.35. The summed E-state index contributed by atoms with van der Waals surface area (Å²) in [5.74, 6) is 2.37. The van der Waals surface area contributed by atoms with Gasteiger partial charge in [0.15, 0.2) is 11.5 Å². The van der Waals surface area contributed by atoms with Crippen LogP contribution in [-0.4, -0.2) is 43.6 Å². The van der Waals surface area contributed by atoms with Crippen molar-refractivity contribution in [2.45, 2.75) is 25.5 Å². The van der Waals surface area contributed by atoms with Crippen molar-refractivity contribution in [3.05, 3.63) is 24.1 Å². The maximum absolute atomic E-state index is 5.56. The number of nitrogens with one attached hydrogen (secondary N) is 1. The number of hydrogen-bond acceptors (Lipinski definition) is 7. The first-order valence-electron chi connectivity index (χ1n) is 7.67. The van der Waals surface area contributed by atoms with Crippen molar-refractivity contribution in [3.63, 3.8) is 0 Å². The molecule has 1 aromatic carbocycles. The summed E-state index contributed by atoms with van der Waals surface area (Å²) in [6.07, 6.45) is 2.53. The summed E-state index contributed by atoms with van der Waals surface area (Å²) in [5, 5.41) is 7.30. The number of nitrogens with zero attached hydrogens (tertiary/aromatic N) is 2. The molecule has 1 aromatic heterocycles. The van der Waals surface area contributed by atoms with E-state index in [4.69, 9.17) is 18.7 Å². The first-order chi connectivity index (χ1) is 11.3. The standard InChI is InChI=1S/C16H21N3O4/c1-20-13-6-5-11(8-14(13)21-2)16-18-15(23-19-16)10-17-9-12-4-3-7-22-12/h5-6,8,12,17H,3-4,7,9-10H2,1-2H3. The Labute approximate surface area is 134 Å². The van der Waals surface area contributed by atoms with Crippen LogP contribution in [0.15, 0.2) is 22.7 Å². The quantitative estimate of drug-likeness (QED) is 0.836. The average Bonchev–Trinajstić information content (AvgIpc) is 3.26. The molecular weight excluding hydrogens is 298 g/mol. The van der Waals surface area contributed by atoms with Gasteiger partial charge in [0.25, 0.3) is 0 Å². The second-order valence-electron chi connectivity index (χ2n) is 5.35. The molecule has 124 valence electrons. The molecule has 23 heavy (non-hydrogen) atoms. The third-order valence-corrected chi connectivity index (χ3v) is 3.78. The maximum atomic E-state index is 5.56. The van der Waals surface area contributed by atoms with Crippen molar-refractivity contribution in [1.29, 1.82) is 0 Å². The summed E-state index contributed by atoms with van der Waals surface area (Å²) in [4.78, 5) is 4.40. The fourth-order valence-corrected chi connectivity index (χ4v) is 2.56. The fraction of sp³-hybridized carbons (Fsp3) is 0.500. The third kappa shape index (κ3) is 3.80. The van der Waals surface area contributed by atoms with Crippen molar-refractivity contribution in [3.8, 4) is 22.9 Å². The smallest absolute Gasteiger partial charge is 0.240 e. The lowest BCUT2D eigenvalue weighted by atomic mass is 10.2. The van der Waals surface area contributed by atoms with Crippen LogP contribution in [0.2, 0.25) is 0 Å². The molecule has 0 bridgehead atoms. The van der Waals surface area contributed by atoms with Gasteiger partial charge in [0.2, 0.25) is 11.7 Å². The molecule has 1 N–H and O–H groups in total. The first-order valence-corrected chi connectivity index (χ1v) is 7.67. The van der Waals surface area contributed by atoms with Crippen molar-refractivity contribution in [2.75, 3.05) is 27.4 Å². The predicted octanol–water partition coefficient (Wildman–Crippen LogP) is 2.02. The maximum Gasteiger partial charge on any atom is 0.240 e. The van der Waals surface area contributed by atoms with Gasteiger partial charge in [-0.3, -0.25) is 0 Å². The van der Waals surface area contributed by atoms with E-state index in [1.165, 1.54) is 0 Å². The zero-order valence-corrected chi connectivity index (χ0v) is 13.4. The Kier molecular flexibility index (Phi) is 5.09. The Hall–Kier alpha value is -2.12. The van der Waals surface area contributed by atoms with Crippen LogP contribution in [0.25, 0.3) is 11.4 Å². The number of ether oxygens (including phenoxy) is 3. The molecule has 1 atom stereocenters. The minimum absolute atomic E-state index is 0.295. The van der Waals surface area contributed by atoms with E-state index in [-0.39, 0.29) is 0 Å². The second kappa shape index (κ2) is 7.43. The van der Waals surface area contributed by atoms with Gasteiger partial charge in [0, 0.05) is 18.7 Å². The minimum atomic E-state index is 0.295. The van der Waals surface area contributed by atoms with E-state index in [9.17, 15) is 0 Å². The lowest BCUT2D eigenvalue weighted by Crippen LogP contribution is -2.25. The highest BCUT2D eigenvalue weighted by molar-refractivity contribution is 5.60. The molecule has 1 fully saturated rings. The molecule has 2 aromatic rings. The van der Waals surface area contributed by atoms with Gasteiger partial charge in [-0.1, -0.05) is 5.16 Å². The van der Waals surface area contributed by atoms with Gasteiger partial charge in [-0.25, -0.2) is 0 Å². The summed E-state index contributed by atoms with van der Waals surface area (Å²) >= 11 is 0. The van der Waals surface area contributed by atoms with Crippen LogP contribution in [0.4, 0.5) is 0 Å². The SMILES string of the molecule is COc1ccc(-c2noc(CNCC3CCCO3)n2)cc1OC. The molecule has 0 spiro atoms. The Morgan fingerprint density at radius 1 is 1.26 bits per heavy atom. The van der Waals surface area contributed by atoms with Gasteiger partial charge in [0.1, 0.15) is 0 Å². The summed E-state index contributed by atoms with van der Waals surface area (Å²) in [6.45, 7) is 2.19. The molecule has 1 aliphatic rings. The van der Waals surface area contributed by atoms with E-state index in [0.29, 0.717) is 35.9 Å². The highest BCUT2D eigenvalue weighted by Gasteiger charge is 2.16. The molecule has 0 saturated carbocycles. The van der Waals surface area contributed by atoms with E-state index in [2.05, 4.69) is 15.5 Å². The summed E-state index contributed by atoms with van der Waals surface area (Å²) in [6, 6.07) is 5.52. The predicted molar refractivity (Wildman–Crippen MR) is 83.5 cm³/mol. The fourth-order valence-electron chi connectivity index (χ4n) is 2.56. The molecular formula is C16H21N3O4. The Balaban J connectivity index is 1.62. The molecule has 7 nitrogen and oxygen atoms in total. The molecule has 7 heteroatoms. The molecule has 1 unspecified atom stereocenters. The van der Waals surface area contributed by atoms with E-state index < -0.39 is 0 Å². The molecule has 3 rings (SSSR count). The Morgan fingerprint density at radius 3 is 2.87 bits per heavy atom. The zero-order chi connectivity index (χ0) is 16.1. The number of aromatic nitrogens is 2. The van der Waals surface area contributed by atoms with Gasteiger partial charge in [-0.15, -0.1) is 0 Å². The molecule has 2 heterocycles. The van der Waals surface area contributed by atoms with Crippen molar-refractivity contribution in [2.24, 2.45) is 0 Å². The number of methoxy groups -OCH3 is 2. The highest BCUT2D eigenvalue weighted by Crippen LogP contribution is 2.31. The van der Waals surface area contributed by atoms with Crippen LogP contribution in [-0.2, 0) is 11.3 Å². The van der Waals surface area contributed by atoms with Crippen LogP contribution < -0.4 is 14.8 Å². The van der Waals surface area contributed by atoms with E-state index in [1.807, 2.05) is 18.2 Å². The van der Waals surface area contributed by atoms with E-state index in [1.54, 1.807) is 14.2 Å². The Bertz CT molecular complexity index is 638. The Morgan fingerprint density at radius 2 is 2.13 bits per heavy atom. The van der Waals surface area contributed by atoms with Gasteiger partial charge in [-0.05, 0) is 31.0 Å². The molecule has 0 aliphatic carbocycles. The normalized spacial score (nSPS) is 17.4. The van der Waals surface area contributed by atoms with E-state index in [0.717, 1.165) is 31.6 Å². The zero-order valence-electron chi connectivity index (χ0n) is 13.4. The van der Waals surface area contributed by atoms with Crippen LogP contribution in [0.1, 0.15) is 18.7 Å². The first kappa shape index (κ1) is 15.8. The van der Waals surface area contributed by atoms with Gasteiger partial charge in [0.05, 0.1) is 26.9 Å². The van der Waals surface area contributed by atoms with Gasteiger partial charge < -0.3 is 24.1 Å². The molecule has 1 aliphatic heterocycles. The lowest BCUT2D eigenvalue weighted by Gasteiger charge is -2.08. The average molecular weight is 319 g/mol. The lowest BCUT2D eigenvalue weighted by molar-refractivity contribution is 0.109. The molecule has 0 radical (unpaired) electrons. The largest absolute Gasteiger partial charge is 0.493 e. The number of hydrogen-bond donors (Lipinski definition) is 1. The summed E-state index contributed by atoms with van der Waals surface area (Å²) in [5.41, 5.74) is 0.816. The number of benzene rings is 1. The van der Waals surface area contributed by atoms with Crippen LogP contribution in [0.5, 0.6) is 11.5 Å². The monoisotopic (exact) mass is 319 g/mol. The summed E-state index contributed by atoms with van der Waals surface area (Å²) < 4.78 is 21.3. The molecule has 0 amide bonds. The third-order valence-electron chi connectivity index (χ3n) is 3.78. The molecule has 1 saturated heterocycles. The summed E-state index contributed by atoms with van der Waals surface area (Å²) in [7, 11) is 3.20. The number of rotatable bonds is 7. The van der Waals surface area contributed by atoms with Gasteiger partial charge >= 0.3 is 0 Å². The van der Waals surface area contributed by atoms with Crippen LogP contribution >= 0.6 is 0 Å². The van der Waals surface area contributed by atoms with Gasteiger partial charge in [-0.2, -0.15) is 4.98 Å². The highest BCUT2D eigenvalue weighted by atomic mass is 16.5. The van der Waals surface area contributed by atoms with Crippen molar-refractivity contribution >= 4 is 0 Å². The van der Waals surface area contributed by atoms with Crippen molar-refractivity contribution in [1.82, 2.24) is 15.5 Å². The van der Waals surface area contributed by atoms with Crippen molar-refractivity contribution < 1.29 is 18.7 Å². The topological polar surface area (TPSA) is 78.6 Å². The van der Waals surface area contributed by atoms with E-state index >= 15 is 0 Å². The van der Waals surface area contributed by atoms with Crippen LogP contribution in [0, 0.1) is 0 Å². The van der Waals surface area contributed by atoms with Crippen LogP contribution in [0.3, 0.4) is 0 Å².